The van der Waals surface area contributed by atoms with Crippen molar-refractivity contribution >= 4 is 23.6 Å². The number of carbonyl (C=O) groups is 1. The van der Waals surface area contributed by atoms with Gasteiger partial charge in [0.05, 0.1) is 0 Å². The molecule has 20 heavy (non-hydrogen) atoms. The number of amides is 1. The fourth-order valence-electron chi connectivity index (χ4n) is 1.66. The lowest BCUT2D eigenvalue weighted by atomic mass is 10.2. The van der Waals surface area contributed by atoms with E-state index in [9.17, 15) is 4.79 Å². The summed E-state index contributed by atoms with van der Waals surface area (Å²) < 4.78 is 0. The normalized spacial score (nSPS) is 10.7. The van der Waals surface area contributed by atoms with Crippen molar-refractivity contribution in [3.8, 4) is 0 Å². The zero-order valence-electron chi connectivity index (χ0n) is 10.9. The third-order valence-electron chi connectivity index (χ3n) is 2.70. The molecule has 0 radical (unpaired) electrons. The Bertz CT molecular complexity index is 579. The molecular weight excluding hydrogens is 272 g/mol. The molecule has 1 heterocycles. The molecular formula is C16H15ClN2O. The van der Waals surface area contributed by atoms with E-state index >= 15 is 0 Å². The summed E-state index contributed by atoms with van der Waals surface area (Å²) in [6.07, 6.45) is 5.74. The van der Waals surface area contributed by atoms with Gasteiger partial charge >= 0.3 is 0 Å². The summed E-state index contributed by atoms with van der Waals surface area (Å²) in [7, 11) is 0. The van der Waals surface area contributed by atoms with Gasteiger partial charge in [0.15, 0.2) is 0 Å². The van der Waals surface area contributed by atoms with Crippen molar-refractivity contribution in [2.75, 3.05) is 6.54 Å². The molecule has 0 fully saturated rings. The quantitative estimate of drug-likeness (QED) is 0.858. The second-order valence-electron chi connectivity index (χ2n) is 4.25. The Morgan fingerprint density at radius 1 is 1.20 bits per heavy atom. The van der Waals surface area contributed by atoms with Gasteiger partial charge in [0, 0.05) is 36.0 Å². The Morgan fingerprint density at radius 3 is 2.70 bits per heavy atom. The summed E-state index contributed by atoms with van der Waals surface area (Å²) in [5.41, 5.74) is 1.91. The predicted molar refractivity (Wildman–Crippen MR) is 81.4 cm³/mol. The number of benzene rings is 1. The van der Waals surface area contributed by atoms with Crippen LogP contribution in [0.1, 0.15) is 11.3 Å². The van der Waals surface area contributed by atoms with E-state index in [1.807, 2.05) is 30.3 Å². The van der Waals surface area contributed by atoms with Crippen LogP contribution in [-0.2, 0) is 11.2 Å². The van der Waals surface area contributed by atoms with E-state index in [0.29, 0.717) is 11.6 Å². The van der Waals surface area contributed by atoms with Crippen molar-refractivity contribution in [2.24, 2.45) is 0 Å². The first-order chi connectivity index (χ1) is 9.74. The van der Waals surface area contributed by atoms with Crippen molar-refractivity contribution in [3.63, 3.8) is 0 Å². The molecule has 1 amide bonds. The lowest BCUT2D eigenvalue weighted by Gasteiger charge is -2.01. The molecule has 0 aliphatic carbocycles. The molecule has 1 aromatic heterocycles. The molecule has 0 bridgehead atoms. The minimum absolute atomic E-state index is 0.115. The Labute approximate surface area is 123 Å². The van der Waals surface area contributed by atoms with Crippen molar-refractivity contribution < 1.29 is 4.79 Å². The van der Waals surface area contributed by atoms with Crippen LogP contribution in [0.3, 0.4) is 0 Å². The Morgan fingerprint density at radius 2 is 2.00 bits per heavy atom. The zero-order chi connectivity index (χ0) is 14.2. The SMILES string of the molecule is O=C(/C=C/c1ccc(Cl)cc1)NCCc1ccccn1. The number of hydrogen-bond donors (Lipinski definition) is 1. The predicted octanol–water partition coefficient (Wildman–Crippen LogP) is 3.11. The second kappa shape index (κ2) is 7.46. The fourth-order valence-corrected chi connectivity index (χ4v) is 1.79. The van der Waals surface area contributed by atoms with Crippen LogP contribution in [-0.4, -0.2) is 17.4 Å². The first-order valence-corrected chi connectivity index (χ1v) is 6.73. The lowest BCUT2D eigenvalue weighted by molar-refractivity contribution is -0.116. The highest BCUT2D eigenvalue weighted by Gasteiger charge is 1.97. The van der Waals surface area contributed by atoms with E-state index in [4.69, 9.17) is 11.6 Å². The average Bonchev–Trinajstić information content (AvgIpc) is 2.48. The number of aromatic nitrogens is 1. The van der Waals surface area contributed by atoms with Gasteiger partial charge in [-0.1, -0.05) is 29.8 Å². The van der Waals surface area contributed by atoms with Gasteiger partial charge in [0.2, 0.25) is 5.91 Å². The standard InChI is InChI=1S/C16H15ClN2O/c17-14-7-4-13(5-8-14)6-9-16(20)19-12-10-15-3-1-2-11-18-15/h1-9,11H,10,12H2,(H,19,20)/b9-6+. The molecule has 2 aromatic rings. The smallest absolute Gasteiger partial charge is 0.244 e. The van der Waals surface area contributed by atoms with Gasteiger partial charge in [-0.05, 0) is 35.9 Å². The molecule has 2 rings (SSSR count). The van der Waals surface area contributed by atoms with Gasteiger partial charge in [-0.15, -0.1) is 0 Å². The Balaban J connectivity index is 1.76. The monoisotopic (exact) mass is 286 g/mol. The van der Waals surface area contributed by atoms with Gasteiger partial charge in [0.25, 0.3) is 0 Å². The van der Waals surface area contributed by atoms with Gasteiger partial charge < -0.3 is 5.32 Å². The maximum Gasteiger partial charge on any atom is 0.244 e. The molecule has 4 heteroatoms. The Hall–Kier alpha value is -2.13. The molecule has 3 nitrogen and oxygen atoms in total. The van der Waals surface area contributed by atoms with E-state index in [1.165, 1.54) is 6.08 Å². The fraction of sp³-hybridized carbons (Fsp3) is 0.125. The number of halogens is 1. The van der Waals surface area contributed by atoms with Crippen LogP contribution >= 0.6 is 11.6 Å². The maximum absolute atomic E-state index is 11.6. The molecule has 0 saturated carbocycles. The third-order valence-corrected chi connectivity index (χ3v) is 2.96. The first kappa shape index (κ1) is 14.3. The number of rotatable bonds is 5. The van der Waals surface area contributed by atoms with Gasteiger partial charge in [-0.2, -0.15) is 0 Å². The van der Waals surface area contributed by atoms with Crippen LogP contribution in [0.5, 0.6) is 0 Å². The second-order valence-corrected chi connectivity index (χ2v) is 4.68. The lowest BCUT2D eigenvalue weighted by Crippen LogP contribution is -2.23. The summed E-state index contributed by atoms with van der Waals surface area (Å²) in [5.74, 6) is -0.115. The molecule has 0 spiro atoms. The molecule has 0 saturated heterocycles. The zero-order valence-corrected chi connectivity index (χ0v) is 11.7. The van der Waals surface area contributed by atoms with Crippen molar-refractivity contribution in [2.45, 2.75) is 6.42 Å². The van der Waals surface area contributed by atoms with Crippen molar-refractivity contribution in [3.05, 3.63) is 71.0 Å². The minimum Gasteiger partial charge on any atom is -0.352 e. The molecule has 0 aliphatic rings. The molecule has 0 atom stereocenters. The summed E-state index contributed by atoms with van der Waals surface area (Å²) in [5, 5.41) is 3.50. The van der Waals surface area contributed by atoms with E-state index in [0.717, 1.165) is 17.7 Å². The summed E-state index contributed by atoms with van der Waals surface area (Å²) >= 11 is 5.79. The van der Waals surface area contributed by atoms with Crippen LogP contribution in [0, 0.1) is 0 Å². The van der Waals surface area contributed by atoms with Crippen molar-refractivity contribution in [1.29, 1.82) is 0 Å². The highest BCUT2D eigenvalue weighted by Crippen LogP contribution is 2.10. The number of nitrogens with zero attached hydrogens (tertiary/aromatic N) is 1. The molecule has 0 unspecified atom stereocenters. The van der Waals surface area contributed by atoms with Gasteiger partial charge in [-0.3, -0.25) is 9.78 Å². The number of hydrogen-bond acceptors (Lipinski definition) is 2. The topological polar surface area (TPSA) is 42.0 Å². The number of nitrogens with one attached hydrogen (secondary N) is 1. The van der Waals surface area contributed by atoms with Gasteiger partial charge in [-0.25, -0.2) is 0 Å². The van der Waals surface area contributed by atoms with Crippen LogP contribution in [0.2, 0.25) is 5.02 Å². The Kier molecular flexibility index (Phi) is 5.33. The maximum atomic E-state index is 11.6. The van der Waals surface area contributed by atoms with E-state index in [2.05, 4.69) is 10.3 Å². The van der Waals surface area contributed by atoms with Gasteiger partial charge in [0.1, 0.15) is 0 Å². The van der Waals surface area contributed by atoms with E-state index in [1.54, 1.807) is 24.4 Å². The highest BCUT2D eigenvalue weighted by atomic mass is 35.5. The molecule has 1 N–H and O–H groups in total. The largest absolute Gasteiger partial charge is 0.352 e. The molecule has 0 aliphatic heterocycles. The highest BCUT2D eigenvalue weighted by molar-refractivity contribution is 6.30. The molecule has 102 valence electrons. The number of pyridine rings is 1. The van der Waals surface area contributed by atoms with E-state index < -0.39 is 0 Å². The van der Waals surface area contributed by atoms with Crippen LogP contribution in [0.25, 0.3) is 6.08 Å². The minimum atomic E-state index is -0.115. The van der Waals surface area contributed by atoms with Crippen LogP contribution in [0.15, 0.2) is 54.7 Å². The molecule has 1 aromatic carbocycles. The first-order valence-electron chi connectivity index (χ1n) is 6.35. The number of carbonyl (C=O) groups excluding carboxylic acids is 1. The van der Waals surface area contributed by atoms with Crippen LogP contribution in [0.4, 0.5) is 0 Å². The van der Waals surface area contributed by atoms with E-state index in [-0.39, 0.29) is 5.91 Å². The summed E-state index contributed by atoms with van der Waals surface area (Å²) in [4.78, 5) is 15.8. The summed E-state index contributed by atoms with van der Waals surface area (Å²) in [6, 6.07) is 13.1. The van der Waals surface area contributed by atoms with Crippen LogP contribution < -0.4 is 5.32 Å². The average molecular weight is 287 g/mol. The summed E-state index contributed by atoms with van der Waals surface area (Å²) in [6.45, 7) is 0.570. The third kappa shape index (κ3) is 4.86. The van der Waals surface area contributed by atoms with Crippen molar-refractivity contribution in [1.82, 2.24) is 10.3 Å².